The lowest BCUT2D eigenvalue weighted by molar-refractivity contribution is 0.0935. The number of nitrogens with zero attached hydrogens (tertiary/aromatic N) is 5. The molecular weight excluding hydrogens is 388 g/mol. The zero-order valence-electron chi connectivity index (χ0n) is 16.0. The van der Waals surface area contributed by atoms with Crippen molar-refractivity contribution in [3.63, 3.8) is 0 Å². The number of benzene rings is 1. The van der Waals surface area contributed by atoms with Crippen LogP contribution >= 0.6 is 11.6 Å². The van der Waals surface area contributed by atoms with E-state index in [1.54, 1.807) is 30.6 Å². The van der Waals surface area contributed by atoms with E-state index >= 15 is 0 Å². The van der Waals surface area contributed by atoms with Gasteiger partial charge in [0.25, 0.3) is 11.7 Å². The van der Waals surface area contributed by atoms with Crippen molar-refractivity contribution in [3.8, 4) is 0 Å². The molecule has 0 spiro atoms. The SMILES string of the molecule is CC(C)c1cc(C(=O)N[C@@H](c2ccc(Cl)cc2)c2cccnc2)n2ncnc2n1. The molecule has 29 heavy (non-hydrogen) atoms. The largest absolute Gasteiger partial charge is 0.340 e. The van der Waals surface area contributed by atoms with Crippen molar-refractivity contribution in [3.05, 3.63) is 88.7 Å². The Morgan fingerprint density at radius 3 is 2.62 bits per heavy atom. The number of hydrogen-bond acceptors (Lipinski definition) is 5. The molecule has 0 unspecified atom stereocenters. The van der Waals surface area contributed by atoms with Gasteiger partial charge in [0, 0.05) is 23.1 Å². The van der Waals surface area contributed by atoms with Gasteiger partial charge >= 0.3 is 0 Å². The fourth-order valence-electron chi connectivity index (χ4n) is 3.05. The van der Waals surface area contributed by atoms with Gasteiger partial charge in [-0.3, -0.25) is 9.78 Å². The first-order valence-electron chi connectivity index (χ1n) is 9.20. The Labute approximate surface area is 172 Å². The highest BCUT2D eigenvalue weighted by molar-refractivity contribution is 6.30. The number of halogens is 1. The van der Waals surface area contributed by atoms with E-state index in [1.165, 1.54) is 10.8 Å². The highest BCUT2D eigenvalue weighted by Crippen LogP contribution is 2.24. The number of hydrogen-bond donors (Lipinski definition) is 1. The minimum absolute atomic E-state index is 0.147. The second-order valence-electron chi connectivity index (χ2n) is 6.94. The lowest BCUT2D eigenvalue weighted by Gasteiger charge is -2.20. The Hall–Kier alpha value is -3.32. The molecule has 0 saturated carbocycles. The molecule has 146 valence electrons. The van der Waals surface area contributed by atoms with Crippen molar-refractivity contribution >= 4 is 23.3 Å². The summed E-state index contributed by atoms with van der Waals surface area (Å²) < 4.78 is 1.45. The van der Waals surface area contributed by atoms with Crippen LogP contribution in [-0.4, -0.2) is 30.5 Å². The number of nitrogens with one attached hydrogen (secondary N) is 1. The smallest absolute Gasteiger partial charge is 0.270 e. The Kier molecular flexibility index (Phi) is 5.22. The van der Waals surface area contributed by atoms with Crippen LogP contribution in [0.2, 0.25) is 5.02 Å². The maximum Gasteiger partial charge on any atom is 0.270 e. The minimum atomic E-state index is -0.400. The van der Waals surface area contributed by atoms with Gasteiger partial charge in [-0.1, -0.05) is 43.6 Å². The topological polar surface area (TPSA) is 85.1 Å². The standard InChI is InChI=1S/C21H19ClN6O/c1-13(2)17-10-18(28-21(26-17)24-12-25-28)20(29)27-19(15-4-3-9-23-11-15)14-5-7-16(22)8-6-14/h3-13,19H,1-2H3,(H,27,29)/t19-/m0/s1. The number of fused-ring (bicyclic) bond motifs is 1. The van der Waals surface area contributed by atoms with E-state index in [-0.39, 0.29) is 11.8 Å². The zero-order valence-corrected chi connectivity index (χ0v) is 16.7. The van der Waals surface area contributed by atoms with E-state index in [0.29, 0.717) is 16.5 Å². The van der Waals surface area contributed by atoms with E-state index in [4.69, 9.17) is 11.6 Å². The zero-order chi connectivity index (χ0) is 20.4. The van der Waals surface area contributed by atoms with Gasteiger partial charge in [0.1, 0.15) is 12.0 Å². The van der Waals surface area contributed by atoms with E-state index in [2.05, 4.69) is 25.4 Å². The number of rotatable bonds is 5. The maximum absolute atomic E-state index is 13.3. The second kappa shape index (κ2) is 7.97. The summed E-state index contributed by atoms with van der Waals surface area (Å²) in [5, 5.41) is 7.88. The van der Waals surface area contributed by atoms with Gasteiger partial charge in [0.05, 0.1) is 6.04 Å². The molecule has 3 heterocycles. The number of amides is 1. The molecule has 0 fully saturated rings. The molecule has 1 amide bonds. The van der Waals surface area contributed by atoms with Gasteiger partial charge in [-0.25, -0.2) is 4.98 Å². The third-order valence-electron chi connectivity index (χ3n) is 4.59. The molecule has 0 radical (unpaired) electrons. The van der Waals surface area contributed by atoms with Crippen LogP contribution in [0.15, 0.2) is 61.2 Å². The summed E-state index contributed by atoms with van der Waals surface area (Å²) >= 11 is 6.04. The normalized spacial score (nSPS) is 12.3. The van der Waals surface area contributed by atoms with Gasteiger partial charge in [-0.2, -0.15) is 14.6 Å². The predicted molar refractivity (Wildman–Crippen MR) is 110 cm³/mol. The molecule has 4 rings (SSSR count). The molecule has 0 saturated heterocycles. The summed E-state index contributed by atoms with van der Waals surface area (Å²) in [5.41, 5.74) is 2.90. The van der Waals surface area contributed by atoms with Crippen molar-refractivity contribution in [1.29, 1.82) is 0 Å². The summed E-state index contributed by atoms with van der Waals surface area (Å²) in [5.74, 6) is 0.257. The average Bonchev–Trinajstić information content (AvgIpc) is 3.21. The summed E-state index contributed by atoms with van der Waals surface area (Å²) in [4.78, 5) is 26.1. The monoisotopic (exact) mass is 406 g/mol. The second-order valence-corrected chi connectivity index (χ2v) is 7.37. The molecular formula is C21H19ClN6O. The molecule has 1 atom stereocenters. The van der Waals surface area contributed by atoms with Crippen LogP contribution in [0.1, 0.15) is 53.1 Å². The number of aromatic nitrogens is 5. The van der Waals surface area contributed by atoms with E-state index < -0.39 is 6.04 Å². The fourth-order valence-corrected chi connectivity index (χ4v) is 3.18. The molecule has 0 aliphatic heterocycles. The number of pyridine rings is 1. The quantitative estimate of drug-likeness (QED) is 0.544. The predicted octanol–water partition coefficient (Wildman–Crippen LogP) is 3.82. The van der Waals surface area contributed by atoms with Gasteiger partial charge in [-0.15, -0.1) is 0 Å². The van der Waals surface area contributed by atoms with Gasteiger partial charge < -0.3 is 5.32 Å². The third kappa shape index (κ3) is 3.95. The van der Waals surface area contributed by atoms with Crippen molar-refractivity contribution in [1.82, 2.24) is 29.9 Å². The van der Waals surface area contributed by atoms with Crippen LogP contribution in [0, 0.1) is 0 Å². The van der Waals surface area contributed by atoms with E-state index in [0.717, 1.165) is 16.8 Å². The lowest BCUT2D eigenvalue weighted by atomic mass is 10.00. The van der Waals surface area contributed by atoms with Crippen LogP contribution in [-0.2, 0) is 0 Å². The van der Waals surface area contributed by atoms with Crippen molar-refractivity contribution in [2.24, 2.45) is 0 Å². The molecule has 4 aromatic rings. The summed E-state index contributed by atoms with van der Waals surface area (Å²) in [6, 6.07) is 12.5. The average molecular weight is 407 g/mol. The number of carbonyl (C=O) groups is 1. The Morgan fingerprint density at radius 2 is 1.93 bits per heavy atom. The van der Waals surface area contributed by atoms with Gasteiger partial charge in [-0.05, 0) is 41.3 Å². The Morgan fingerprint density at radius 1 is 1.14 bits per heavy atom. The minimum Gasteiger partial charge on any atom is -0.340 e. The van der Waals surface area contributed by atoms with Crippen molar-refractivity contribution in [2.75, 3.05) is 0 Å². The molecule has 1 N–H and O–H groups in total. The first kappa shape index (κ1) is 19.0. The van der Waals surface area contributed by atoms with Gasteiger partial charge in [0.15, 0.2) is 0 Å². The van der Waals surface area contributed by atoms with Gasteiger partial charge in [0.2, 0.25) is 0 Å². The van der Waals surface area contributed by atoms with Crippen LogP contribution in [0.3, 0.4) is 0 Å². The molecule has 0 aliphatic carbocycles. The molecule has 3 aromatic heterocycles. The summed E-state index contributed by atoms with van der Waals surface area (Å²) in [6.45, 7) is 4.03. The summed E-state index contributed by atoms with van der Waals surface area (Å²) in [7, 11) is 0. The molecule has 0 bridgehead atoms. The van der Waals surface area contributed by atoms with Crippen molar-refractivity contribution in [2.45, 2.75) is 25.8 Å². The number of carbonyl (C=O) groups excluding carboxylic acids is 1. The highest BCUT2D eigenvalue weighted by Gasteiger charge is 2.22. The Bertz CT molecular complexity index is 1140. The first-order chi connectivity index (χ1) is 14.0. The highest BCUT2D eigenvalue weighted by atomic mass is 35.5. The van der Waals surface area contributed by atoms with E-state index in [1.807, 2.05) is 38.1 Å². The van der Waals surface area contributed by atoms with E-state index in [9.17, 15) is 4.79 Å². The van der Waals surface area contributed by atoms with Crippen LogP contribution in [0.5, 0.6) is 0 Å². The van der Waals surface area contributed by atoms with Crippen LogP contribution in [0.25, 0.3) is 5.78 Å². The first-order valence-corrected chi connectivity index (χ1v) is 9.57. The molecule has 8 heteroatoms. The molecule has 7 nitrogen and oxygen atoms in total. The summed E-state index contributed by atoms with van der Waals surface area (Å²) in [6.07, 6.45) is 4.82. The van der Waals surface area contributed by atoms with Crippen LogP contribution in [0.4, 0.5) is 0 Å². The fraction of sp³-hybridized carbons (Fsp3) is 0.190. The third-order valence-corrected chi connectivity index (χ3v) is 4.84. The maximum atomic E-state index is 13.3. The van der Waals surface area contributed by atoms with Crippen LogP contribution < -0.4 is 5.32 Å². The van der Waals surface area contributed by atoms with Crippen molar-refractivity contribution < 1.29 is 4.79 Å². The molecule has 1 aromatic carbocycles. The Balaban J connectivity index is 1.75. The molecule has 0 aliphatic rings. The lowest BCUT2D eigenvalue weighted by Crippen LogP contribution is -2.31.